The fourth-order valence-corrected chi connectivity index (χ4v) is 4.25. The number of rotatable bonds is 10. The summed E-state index contributed by atoms with van der Waals surface area (Å²) < 4.78 is 37.8. The van der Waals surface area contributed by atoms with Crippen LogP contribution in [0.2, 0.25) is 0 Å². The van der Waals surface area contributed by atoms with E-state index in [0.717, 1.165) is 5.56 Å². The van der Waals surface area contributed by atoms with Crippen molar-refractivity contribution in [2.24, 2.45) is 0 Å². The fourth-order valence-electron chi connectivity index (χ4n) is 2.82. The molecule has 8 nitrogen and oxygen atoms in total. The molecule has 9 heteroatoms. The van der Waals surface area contributed by atoms with Crippen molar-refractivity contribution in [2.45, 2.75) is 51.3 Å². The molecule has 1 amide bonds. The van der Waals surface area contributed by atoms with E-state index in [4.69, 9.17) is 9.26 Å². The SMILES string of the molecule is CCOCCCN(CC(=O)Nc1cc(C)on1)S(=O)(=O)c1ccc(C(C)(C)C)cc1. The number of sulfonamides is 1. The zero-order valence-electron chi connectivity index (χ0n) is 18.3. The summed E-state index contributed by atoms with van der Waals surface area (Å²) in [6.45, 7) is 10.6. The van der Waals surface area contributed by atoms with Crippen molar-refractivity contribution in [3.8, 4) is 0 Å². The maximum absolute atomic E-state index is 13.2. The van der Waals surface area contributed by atoms with Crippen LogP contribution in [0.5, 0.6) is 0 Å². The Hall–Kier alpha value is -2.23. The van der Waals surface area contributed by atoms with Gasteiger partial charge in [-0.3, -0.25) is 4.79 Å². The van der Waals surface area contributed by atoms with Gasteiger partial charge in [-0.25, -0.2) is 8.42 Å². The van der Waals surface area contributed by atoms with Crippen LogP contribution < -0.4 is 5.32 Å². The number of ether oxygens (including phenoxy) is 1. The number of aryl methyl sites for hydroxylation is 1. The van der Waals surface area contributed by atoms with E-state index in [1.165, 1.54) is 4.31 Å². The van der Waals surface area contributed by atoms with Crippen molar-refractivity contribution in [3.63, 3.8) is 0 Å². The molecular formula is C21H31N3O5S. The van der Waals surface area contributed by atoms with E-state index in [9.17, 15) is 13.2 Å². The van der Waals surface area contributed by atoms with E-state index in [0.29, 0.717) is 25.4 Å². The van der Waals surface area contributed by atoms with E-state index in [-0.39, 0.29) is 29.2 Å². The van der Waals surface area contributed by atoms with Crippen molar-refractivity contribution >= 4 is 21.7 Å². The molecule has 1 aromatic heterocycles. The Morgan fingerprint density at radius 2 is 1.90 bits per heavy atom. The van der Waals surface area contributed by atoms with Crippen LogP contribution in [0.4, 0.5) is 5.82 Å². The van der Waals surface area contributed by atoms with Gasteiger partial charge in [-0.2, -0.15) is 4.31 Å². The highest BCUT2D eigenvalue weighted by Crippen LogP contribution is 2.25. The van der Waals surface area contributed by atoms with Crippen molar-refractivity contribution in [1.29, 1.82) is 0 Å². The molecule has 0 aliphatic heterocycles. The molecule has 30 heavy (non-hydrogen) atoms. The Balaban J connectivity index is 2.19. The Bertz CT molecular complexity index is 930. The standard InChI is InChI=1S/C21H31N3O5S/c1-6-28-13-7-12-24(15-20(25)22-19-14-16(2)29-23-19)30(26,27)18-10-8-17(9-11-18)21(3,4)5/h8-11,14H,6-7,12-13,15H2,1-5H3,(H,22,23,25). The Morgan fingerprint density at radius 1 is 1.23 bits per heavy atom. The Labute approximate surface area is 178 Å². The molecule has 1 heterocycles. The number of carbonyl (C=O) groups excluding carboxylic acids is 1. The Morgan fingerprint density at radius 3 is 2.43 bits per heavy atom. The predicted molar refractivity (Wildman–Crippen MR) is 115 cm³/mol. The smallest absolute Gasteiger partial charge is 0.243 e. The van der Waals surface area contributed by atoms with Gasteiger partial charge in [0.05, 0.1) is 11.4 Å². The van der Waals surface area contributed by atoms with Gasteiger partial charge in [0, 0.05) is 25.8 Å². The number of hydrogen-bond acceptors (Lipinski definition) is 6. The third-order valence-corrected chi connectivity index (χ3v) is 6.33. The molecular weight excluding hydrogens is 406 g/mol. The van der Waals surface area contributed by atoms with E-state index in [2.05, 4.69) is 31.2 Å². The second-order valence-corrected chi connectivity index (χ2v) is 9.97. The molecule has 0 unspecified atom stereocenters. The minimum Gasteiger partial charge on any atom is -0.382 e. The molecule has 1 N–H and O–H groups in total. The van der Waals surface area contributed by atoms with E-state index < -0.39 is 15.9 Å². The molecule has 0 aliphatic rings. The number of aromatic nitrogens is 1. The lowest BCUT2D eigenvalue weighted by atomic mass is 9.87. The summed E-state index contributed by atoms with van der Waals surface area (Å²) >= 11 is 0. The van der Waals surface area contributed by atoms with Gasteiger partial charge in [0.25, 0.3) is 0 Å². The van der Waals surface area contributed by atoms with Gasteiger partial charge in [0.2, 0.25) is 15.9 Å². The van der Waals surface area contributed by atoms with Crippen molar-refractivity contribution in [1.82, 2.24) is 9.46 Å². The Kier molecular flexibility index (Phi) is 8.17. The first-order chi connectivity index (χ1) is 14.0. The van der Waals surface area contributed by atoms with Gasteiger partial charge in [-0.1, -0.05) is 38.1 Å². The van der Waals surface area contributed by atoms with Crippen LogP contribution in [0.1, 0.15) is 45.4 Å². The number of anilines is 1. The van der Waals surface area contributed by atoms with Crippen molar-refractivity contribution < 1.29 is 22.5 Å². The first kappa shape index (κ1) is 24.0. The molecule has 0 radical (unpaired) electrons. The second-order valence-electron chi connectivity index (χ2n) is 8.03. The molecule has 2 rings (SSSR count). The minimum absolute atomic E-state index is 0.0882. The van der Waals surface area contributed by atoms with Crippen molar-refractivity contribution in [2.75, 3.05) is 31.6 Å². The lowest BCUT2D eigenvalue weighted by Gasteiger charge is -2.23. The number of nitrogens with one attached hydrogen (secondary N) is 1. The number of benzene rings is 1. The van der Waals surface area contributed by atoms with E-state index in [1.807, 2.05) is 19.1 Å². The molecule has 2 aromatic rings. The molecule has 0 saturated heterocycles. The zero-order valence-corrected chi connectivity index (χ0v) is 19.1. The van der Waals surface area contributed by atoms with Crippen LogP contribution in [0.15, 0.2) is 39.8 Å². The van der Waals surface area contributed by atoms with Gasteiger partial charge in [-0.15, -0.1) is 0 Å². The highest BCUT2D eigenvalue weighted by atomic mass is 32.2. The average Bonchev–Trinajstić information content (AvgIpc) is 3.08. The zero-order chi connectivity index (χ0) is 22.4. The van der Waals surface area contributed by atoms with Gasteiger partial charge in [0.1, 0.15) is 5.76 Å². The van der Waals surface area contributed by atoms with Gasteiger partial charge < -0.3 is 14.6 Å². The summed E-state index contributed by atoms with van der Waals surface area (Å²) in [6.07, 6.45) is 0.476. The van der Waals surface area contributed by atoms with Crippen LogP contribution in [-0.2, 0) is 25.0 Å². The first-order valence-electron chi connectivity index (χ1n) is 9.95. The van der Waals surface area contributed by atoms with Gasteiger partial charge in [0.15, 0.2) is 5.82 Å². The third-order valence-electron chi connectivity index (χ3n) is 4.47. The fraction of sp³-hybridized carbons (Fsp3) is 0.524. The maximum Gasteiger partial charge on any atom is 0.243 e. The molecule has 0 aliphatic carbocycles. The molecule has 0 saturated carbocycles. The maximum atomic E-state index is 13.2. The monoisotopic (exact) mass is 437 g/mol. The predicted octanol–water partition coefficient (Wildman–Crippen LogP) is 3.34. The van der Waals surface area contributed by atoms with Gasteiger partial charge >= 0.3 is 0 Å². The molecule has 0 bridgehead atoms. The normalized spacial score (nSPS) is 12.3. The largest absolute Gasteiger partial charge is 0.382 e. The lowest BCUT2D eigenvalue weighted by molar-refractivity contribution is -0.116. The van der Waals surface area contributed by atoms with Crippen LogP contribution in [0, 0.1) is 6.92 Å². The highest BCUT2D eigenvalue weighted by Gasteiger charge is 2.27. The van der Waals surface area contributed by atoms with E-state index >= 15 is 0 Å². The number of nitrogens with zero attached hydrogens (tertiary/aromatic N) is 2. The highest BCUT2D eigenvalue weighted by molar-refractivity contribution is 7.89. The lowest BCUT2D eigenvalue weighted by Crippen LogP contribution is -2.39. The molecule has 1 aromatic carbocycles. The second kappa shape index (κ2) is 10.2. The summed E-state index contributed by atoms with van der Waals surface area (Å²) in [5, 5.41) is 6.27. The quantitative estimate of drug-likeness (QED) is 0.572. The van der Waals surface area contributed by atoms with Crippen LogP contribution in [0.25, 0.3) is 0 Å². The summed E-state index contributed by atoms with van der Waals surface area (Å²) in [5.41, 5.74) is 0.943. The summed E-state index contributed by atoms with van der Waals surface area (Å²) in [4.78, 5) is 12.6. The molecule has 166 valence electrons. The average molecular weight is 438 g/mol. The third kappa shape index (κ3) is 6.65. The molecule has 0 atom stereocenters. The van der Waals surface area contributed by atoms with Gasteiger partial charge in [-0.05, 0) is 43.4 Å². The van der Waals surface area contributed by atoms with Crippen LogP contribution in [0.3, 0.4) is 0 Å². The molecule has 0 fully saturated rings. The molecule has 0 spiro atoms. The summed E-state index contributed by atoms with van der Waals surface area (Å²) in [5.74, 6) is 0.304. The van der Waals surface area contributed by atoms with Crippen LogP contribution in [-0.4, -0.2) is 50.1 Å². The number of amides is 1. The number of carbonyl (C=O) groups is 1. The number of hydrogen-bond donors (Lipinski definition) is 1. The topological polar surface area (TPSA) is 102 Å². The van der Waals surface area contributed by atoms with Crippen molar-refractivity contribution in [3.05, 3.63) is 41.7 Å². The van der Waals surface area contributed by atoms with E-state index in [1.54, 1.807) is 25.1 Å². The van der Waals surface area contributed by atoms with Crippen LogP contribution >= 0.6 is 0 Å². The minimum atomic E-state index is -3.86. The summed E-state index contributed by atoms with van der Waals surface area (Å²) in [7, 11) is -3.86. The summed E-state index contributed by atoms with van der Waals surface area (Å²) in [6, 6.07) is 8.36. The first-order valence-corrected chi connectivity index (χ1v) is 11.4.